The Morgan fingerprint density at radius 3 is 2.78 bits per heavy atom. The first-order valence-electron chi connectivity index (χ1n) is 6.42. The summed E-state index contributed by atoms with van der Waals surface area (Å²) in [7, 11) is 0. The molecular formula is C14H21ClFNO. The molecule has 18 heavy (non-hydrogen) atoms. The zero-order valence-electron chi connectivity index (χ0n) is 11.0. The number of benzene rings is 1. The van der Waals surface area contributed by atoms with Crippen molar-refractivity contribution in [3.8, 4) is 0 Å². The molecule has 102 valence electrons. The van der Waals surface area contributed by atoms with Crippen LogP contribution in [0.4, 0.5) is 4.39 Å². The fraction of sp³-hybridized carbons (Fsp3) is 0.571. The summed E-state index contributed by atoms with van der Waals surface area (Å²) in [6.07, 6.45) is 1.71. The average Bonchev–Trinajstić information content (AvgIpc) is 2.34. The number of halogens is 2. The first-order chi connectivity index (χ1) is 8.67. The molecule has 0 aliphatic rings. The highest BCUT2D eigenvalue weighted by atomic mass is 35.5. The van der Waals surface area contributed by atoms with E-state index in [4.69, 9.17) is 16.3 Å². The summed E-state index contributed by atoms with van der Waals surface area (Å²) in [6, 6.07) is 5.30. The first kappa shape index (κ1) is 15.4. The van der Waals surface area contributed by atoms with Gasteiger partial charge in [-0.15, -0.1) is 0 Å². The van der Waals surface area contributed by atoms with E-state index in [2.05, 4.69) is 12.2 Å². The van der Waals surface area contributed by atoms with Gasteiger partial charge < -0.3 is 10.1 Å². The van der Waals surface area contributed by atoms with E-state index in [1.807, 2.05) is 13.0 Å². The Morgan fingerprint density at radius 1 is 1.39 bits per heavy atom. The van der Waals surface area contributed by atoms with Crippen molar-refractivity contribution in [2.45, 2.75) is 32.7 Å². The van der Waals surface area contributed by atoms with Gasteiger partial charge in [0.15, 0.2) is 0 Å². The van der Waals surface area contributed by atoms with Gasteiger partial charge in [0, 0.05) is 19.3 Å². The van der Waals surface area contributed by atoms with E-state index in [1.54, 1.807) is 6.07 Å². The third-order valence-electron chi connectivity index (χ3n) is 2.77. The molecule has 0 fully saturated rings. The first-order valence-corrected chi connectivity index (χ1v) is 6.80. The summed E-state index contributed by atoms with van der Waals surface area (Å²) in [5.41, 5.74) is 0.958. The molecule has 0 aliphatic heterocycles. The molecule has 2 nitrogen and oxygen atoms in total. The smallest absolute Gasteiger partial charge is 0.142 e. The van der Waals surface area contributed by atoms with Crippen molar-refractivity contribution < 1.29 is 9.13 Å². The largest absolute Gasteiger partial charge is 0.382 e. The van der Waals surface area contributed by atoms with Crippen LogP contribution in [0.3, 0.4) is 0 Å². The van der Waals surface area contributed by atoms with Gasteiger partial charge in [0.1, 0.15) is 5.82 Å². The van der Waals surface area contributed by atoms with Crippen LogP contribution in [0.2, 0.25) is 5.02 Å². The van der Waals surface area contributed by atoms with Crippen LogP contribution in [0.5, 0.6) is 0 Å². The summed E-state index contributed by atoms with van der Waals surface area (Å²) in [5.74, 6) is -0.353. The highest BCUT2D eigenvalue weighted by Crippen LogP contribution is 2.17. The van der Waals surface area contributed by atoms with Gasteiger partial charge in [0.25, 0.3) is 0 Å². The highest BCUT2D eigenvalue weighted by molar-refractivity contribution is 6.30. The molecule has 1 aromatic rings. The highest BCUT2D eigenvalue weighted by Gasteiger charge is 2.10. The average molecular weight is 274 g/mol. The standard InChI is InChI=1S/C14H21ClFNO/c1-3-17-12(7-8-18-4-2)9-11-5-6-13(15)14(16)10-11/h5-6,10,12,17H,3-4,7-9H2,1-2H3. The third-order valence-corrected chi connectivity index (χ3v) is 3.08. The Bertz CT molecular complexity index is 360. The lowest BCUT2D eigenvalue weighted by atomic mass is 10.0. The number of likely N-dealkylation sites (N-methyl/N-ethyl adjacent to an activating group) is 1. The molecule has 1 unspecified atom stereocenters. The number of ether oxygens (including phenoxy) is 1. The molecule has 1 rings (SSSR count). The van der Waals surface area contributed by atoms with Crippen LogP contribution in [0.25, 0.3) is 0 Å². The van der Waals surface area contributed by atoms with Gasteiger partial charge in [-0.3, -0.25) is 0 Å². The lowest BCUT2D eigenvalue weighted by Crippen LogP contribution is -2.32. The summed E-state index contributed by atoms with van der Waals surface area (Å²) in [5, 5.41) is 3.56. The van der Waals surface area contributed by atoms with Crippen LogP contribution in [0, 0.1) is 5.82 Å². The minimum atomic E-state index is -0.353. The van der Waals surface area contributed by atoms with Crippen molar-refractivity contribution >= 4 is 11.6 Å². The second-order valence-electron chi connectivity index (χ2n) is 4.19. The maximum Gasteiger partial charge on any atom is 0.142 e. The van der Waals surface area contributed by atoms with Crippen molar-refractivity contribution in [2.24, 2.45) is 0 Å². The molecule has 0 amide bonds. The van der Waals surface area contributed by atoms with E-state index in [9.17, 15) is 4.39 Å². The molecule has 0 aromatic heterocycles. The molecule has 0 spiro atoms. The lowest BCUT2D eigenvalue weighted by Gasteiger charge is -2.18. The third kappa shape index (κ3) is 5.34. The van der Waals surface area contributed by atoms with E-state index in [0.717, 1.165) is 38.2 Å². The molecule has 1 aromatic carbocycles. The Hall–Kier alpha value is -0.640. The normalized spacial score (nSPS) is 12.7. The fourth-order valence-electron chi connectivity index (χ4n) is 1.89. The zero-order valence-corrected chi connectivity index (χ0v) is 11.8. The van der Waals surface area contributed by atoms with E-state index in [1.165, 1.54) is 6.07 Å². The van der Waals surface area contributed by atoms with Crippen molar-refractivity contribution in [1.29, 1.82) is 0 Å². The van der Waals surface area contributed by atoms with Gasteiger partial charge in [0.05, 0.1) is 5.02 Å². The van der Waals surface area contributed by atoms with Crippen molar-refractivity contribution in [2.75, 3.05) is 19.8 Å². The monoisotopic (exact) mass is 273 g/mol. The second-order valence-corrected chi connectivity index (χ2v) is 4.60. The van der Waals surface area contributed by atoms with Crippen LogP contribution < -0.4 is 5.32 Å². The zero-order chi connectivity index (χ0) is 13.4. The molecule has 0 radical (unpaired) electrons. The van der Waals surface area contributed by atoms with Crippen LogP contribution in [0.15, 0.2) is 18.2 Å². The van der Waals surface area contributed by atoms with Crippen molar-refractivity contribution in [3.63, 3.8) is 0 Å². The summed E-state index contributed by atoms with van der Waals surface area (Å²) >= 11 is 5.67. The van der Waals surface area contributed by atoms with E-state index in [-0.39, 0.29) is 10.8 Å². The van der Waals surface area contributed by atoms with E-state index in [0.29, 0.717) is 6.04 Å². The summed E-state index contributed by atoms with van der Waals surface area (Å²) < 4.78 is 18.7. The number of nitrogens with one attached hydrogen (secondary N) is 1. The van der Waals surface area contributed by atoms with E-state index < -0.39 is 0 Å². The molecular weight excluding hydrogens is 253 g/mol. The molecule has 0 saturated heterocycles. The molecule has 1 atom stereocenters. The Morgan fingerprint density at radius 2 is 2.17 bits per heavy atom. The van der Waals surface area contributed by atoms with Gasteiger partial charge in [0.2, 0.25) is 0 Å². The van der Waals surface area contributed by atoms with Gasteiger partial charge in [-0.2, -0.15) is 0 Å². The number of rotatable bonds is 8. The molecule has 0 saturated carbocycles. The molecule has 0 aliphatic carbocycles. The van der Waals surface area contributed by atoms with Gasteiger partial charge in [-0.1, -0.05) is 24.6 Å². The van der Waals surface area contributed by atoms with Crippen LogP contribution in [-0.4, -0.2) is 25.8 Å². The van der Waals surface area contributed by atoms with Gasteiger partial charge in [-0.05, 0) is 44.0 Å². The van der Waals surface area contributed by atoms with Crippen molar-refractivity contribution in [1.82, 2.24) is 5.32 Å². The number of hydrogen-bond acceptors (Lipinski definition) is 2. The molecule has 4 heteroatoms. The molecule has 1 N–H and O–H groups in total. The minimum absolute atomic E-state index is 0.174. The Labute approximate surface area is 113 Å². The topological polar surface area (TPSA) is 21.3 Å². The summed E-state index contributed by atoms with van der Waals surface area (Å²) in [4.78, 5) is 0. The van der Waals surface area contributed by atoms with Gasteiger partial charge >= 0.3 is 0 Å². The fourth-order valence-corrected chi connectivity index (χ4v) is 2.00. The molecule has 0 heterocycles. The van der Waals surface area contributed by atoms with Crippen LogP contribution >= 0.6 is 11.6 Å². The number of hydrogen-bond donors (Lipinski definition) is 1. The SMILES string of the molecule is CCNC(CCOCC)Cc1ccc(Cl)c(F)c1. The van der Waals surface area contributed by atoms with E-state index >= 15 is 0 Å². The lowest BCUT2D eigenvalue weighted by molar-refractivity contribution is 0.136. The predicted molar refractivity (Wildman–Crippen MR) is 73.7 cm³/mol. The second kappa shape index (κ2) is 8.46. The maximum absolute atomic E-state index is 13.3. The van der Waals surface area contributed by atoms with Crippen molar-refractivity contribution in [3.05, 3.63) is 34.6 Å². The summed E-state index contributed by atoms with van der Waals surface area (Å²) in [6.45, 7) is 6.40. The predicted octanol–water partition coefficient (Wildman–Crippen LogP) is 3.43. The Kier molecular flexibility index (Phi) is 7.25. The quantitative estimate of drug-likeness (QED) is 0.733. The van der Waals surface area contributed by atoms with Crippen LogP contribution in [0.1, 0.15) is 25.8 Å². The maximum atomic E-state index is 13.3. The van der Waals surface area contributed by atoms with Crippen LogP contribution in [-0.2, 0) is 11.2 Å². The minimum Gasteiger partial charge on any atom is -0.382 e. The Balaban J connectivity index is 2.55. The molecule has 0 bridgehead atoms. The van der Waals surface area contributed by atoms with Gasteiger partial charge in [-0.25, -0.2) is 4.39 Å².